The van der Waals surface area contributed by atoms with Gasteiger partial charge in [0, 0.05) is 13.1 Å². The smallest absolute Gasteiger partial charge is 0.408 e. The summed E-state index contributed by atoms with van der Waals surface area (Å²) in [7, 11) is 0. The van der Waals surface area contributed by atoms with Crippen molar-refractivity contribution >= 4 is 6.09 Å². The minimum atomic E-state index is -0.416. The van der Waals surface area contributed by atoms with E-state index >= 15 is 0 Å². The average molecular weight is 226 g/mol. The number of hydrogen-bond donors (Lipinski definition) is 2. The van der Waals surface area contributed by atoms with Crippen LogP contribution in [0, 0.1) is 5.92 Å². The van der Waals surface area contributed by atoms with Crippen molar-refractivity contribution in [3.8, 4) is 0 Å². The lowest BCUT2D eigenvalue weighted by Gasteiger charge is -2.31. The van der Waals surface area contributed by atoms with Crippen LogP contribution in [0.1, 0.15) is 40.0 Å². The van der Waals surface area contributed by atoms with Gasteiger partial charge in [0.2, 0.25) is 0 Å². The van der Waals surface area contributed by atoms with Crippen LogP contribution in [0.25, 0.3) is 0 Å². The number of carbonyl (C=O) groups excluding carboxylic acids is 1. The fourth-order valence-electron chi connectivity index (χ4n) is 2.86. The number of alkyl carbamates (subject to hydrolysis) is 1. The standard InChI is InChI=1S/C12H22N2O2/c1-11(2,3)16-10(15)14-12-6-4-5-9(12)7-13-8-12/h9,13H,4-8H2,1-3H3,(H,14,15)/t9-,12-/m1/s1. The molecule has 1 amide bonds. The van der Waals surface area contributed by atoms with E-state index in [0.717, 1.165) is 19.5 Å². The highest BCUT2D eigenvalue weighted by atomic mass is 16.6. The van der Waals surface area contributed by atoms with Crippen LogP contribution in [0.15, 0.2) is 0 Å². The number of fused-ring (bicyclic) bond motifs is 1. The van der Waals surface area contributed by atoms with Gasteiger partial charge in [0.1, 0.15) is 5.60 Å². The Labute approximate surface area is 97.1 Å². The van der Waals surface area contributed by atoms with Crippen molar-refractivity contribution in [2.45, 2.75) is 51.2 Å². The molecule has 92 valence electrons. The molecule has 2 rings (SSSR count). The van der Waals surface area contributed by atoms with E-state index in [2.05, 4.69) is 10.6 Å². The van der Waals surface area contributed by atoms with E-state index in [1.165, 1.54) is 12.8 Å². The first-order valence-electron chi connectivity index (χ1n) is 6.13. The Hall–Kier alpha value is -0.770. The first kappa shape index (κ1) is 11.7. The lowest BCUT2D eigenvalue weighted by Crippen LogP contribution is -2.53. The maximum Gasteiger partial charge on any atom is 0.408 e. The monoisotopic (exact) mass is 226 g/mol. The first-order chi connectivity index (χ1) is 7.41. The fraction of sp³-hybridized carbons (Fsp3) is 0.917. The predicted octanol–water partition coefficient (Wildman–Crippen LogP) is 1.65. The van der Waals surface area contributed by atoms with E-state index in [-0.39, 0.29) is 11.6 Å². The van der Waals surface area contributed by atoms with E-state index in [4.69, 9.17) is 4.74 Å². The number of nitrogens with one attached hydrogen (secondary N) is 2. The number of amides is 1. The molecule has 0 aromatic rings. The topological polar surface area (TPSA) is 50.4 Å². The van der Waals surface area contributed by atoms with Gasteiger partial charge in [0.05, 0.1) is 5.54 Å². The highest BCUT2D eigenvalue weighted by Gasteiger charge is 2.47. The molecular weight excluding hydrogens is 204 g/mol. The van der Waals surface area contributed by atoms with E-state index in [1.54, 1.807) is 0 Å². The van der Waals surface area contributed by atoms with Crippen molar-refractivity contribution < 1.29 is 9.53 Å². The largest absolute Gasteiger partial charge is 0.444 e. The van der Waals surface area contributed by atoms with Gasteiger partial charge in [-0.2, -0.15) is 0 Å². The number of ether oxygens (including phenoxy) is 1. The zero-order valence-electron chi connectivity index (χ0n) is 10.4. The van der Waals surface area contributed by atoms with Crippen LogP contribution in [-0.4, -0.2) is 30.3 Å². The van der Waals surface area contributed by atoms with Gasteiger partial charge in [-0.25, -0.2) is 4.79 Å². The summed E-state index contributed by atoms with van der Waals surface area (Å²) < 4.78 is 5.32. The summed E-state index contributed by atoms with van der Waals surface area (Å²) in [5.41, 5.74) is -0.455. The molecule has 1 heterocycles. The molecule has 2 aliphatic rings. The molecule has 2 N–H and O–H groups in total. The van der Waals surface area contributed by atoms with Gasteiger partial charge in [0.15, 0.2) is 0 Å². The average Bonchev–Trinajstić information content (AvgIpc) is 2.57. The van der Waals surface area contributed by atoms with Crippen molar-refractivity contribution in [3.05, 3.63) is 0 Å². The van der Waals surface area contributed by atoms with Gasteiger partial charge in [0.25, 0.3) is 0 Å². The third-order valence-electron chi connectivity index (χ3n) is 3.54. The van der Waals surface area contributed by atoms with Crippen LogP contribution in [0.3, 0.4) is 0 Å². The molecule has 0 bridgehead atoms. The summed E-state index contributed by atoms with van der Waals surface area (Å²) in [6.07, 6.45) is 3.22. The lowest BCUT2D eigenvalue weighted by atomic mass is 9.91. The zero-order chi connectivity index (χ0) is 11.8. The van der Waals surface area contributed by atoms with Crippen LogP contribution in [0.2, 0.25) is 0 Å². The van der Waals surface area contributed by atoms with Crippen LogP contribution >= 0.6 is 0 Å². The molecule has 0 spiro atoms. The third-order valence-corrected chi connectivity index (χ3v) is 3.54. The molecule has 4 nitrogen and oxygen atoms in total. The summed E-state index contributed by atoms with van der Waals surface area (Å²) in [6.45, 7) is 7.59. The minimum absolute atomic E-state index is 0.0394. The number of carbonyl (C=O) groups is 1. The molecule has 4 heteroatoms. The highest BCUT2D eigenvalue weighted by molar-refractivity contribution is 5.69. The van der Waals surface area contributed by atoms with Crippen LogP contribution in [0.4, 0.5) is 4.79 Å². The second kappa shape index (κ2) is 3.91. The second-order valence-corrected chi connectivity index (χ2v) is 6.00. The van der Waals surface area contributed by atoms with Crippen LogP contribution < -0.4 is 10.6 Å². The van der Waals surface area contributed by atoms with Crippen LogP contribution in [0.5, 0.6) is 0 Å². The Morgan fingerprint density at radius 3 is 2.94 bits per heavy atom. The summed E-state index contributed by atoms with van der Waals surface area (Å²) >= 11 is 0. The van der Waals surface area contributed by atoms with Crippen LogP contribution in [-0.2, 0) is 4.74 Å². The van der Waals surface area contributed by atoms with E-state index in [9.17, 15) is 4.79 Å². The van der Waals surface area contributed by atoms with Gasteiger partial charge >= 0.3 is 6.09 Å². The number of hydrogen-bond acceptors (Lipinski definition) is 3. The summed E-state index contributed by atoms with van der Waals surface area (Å²) in [5.74, 6) is 0.583. The van der Waals surface area contributed by atoms with Gasteiger partial charge in [-0.1, -0.05) is 6.42 Å². The Balaban J connectivity index is 1.96. The Morgan fingerprint density at radius 1 is 1.50 bits per heavy atom. The first-order valence-corrected chi connectivity index (χ1v) is 6.13. The number of rotatable bonds is 1. The molecule has 1 aliphatic carbocycles. The van der Waals surface area contributed by atoms with Crippen molar-refractivity contribution in [1.29, 1.82) is 0 Å². The van der Waals surface area contributed by atoms with Crippen molar-refractivity contribution in [3.63, 3.8) is 0 Å². The molecule has 0 aromatic heterocycles. The van der Waals surface area contributed by atoms with Gasteiger partial charge in [-0.3, -0.25) is 0 Å². The molecule has 2 fully saturated rings. The molecule has 0 aromatic carbocycles. The molecule has 1 aliphatic heterocycles. The van der Waals surface area contributed by atoms with Gasteiger partial charge in [-0.15, -0.1) is 0 Å². The SMILES string of the molecule is CC(C)(C)OC(=O)N[C@@]12CCC[C@@H]1CNC2. The summed E-state index contributed by atoms with van der Waals surface area (Å²) in [6, 6.07) is 0. The molecule has 1 saturated carbocycles. The van der Waals surface area contributed by atoms with Gasteiger partial charge in [-0.05, 0) is 39.5 Å². The van der Waals surface area contributed by atoms with Crippen molar-refractivity contribution in [1.82, 2.24) is 10.6 Å². The van der Waals surface area contributed by atoms with E-state index in [0.29, 0.717) is 5.92 Å². The maximum atomic E-state index is 11.8. The Bertz CT molecular complexity index is 273. The van der Waals surface area contributed by atoms with E-state index < -0.39 is 5.60 Å². The summed E-state index contributed by atoms with van der Waals surface area (Å²) in [4.78, 5) is 11.8. The highest BCUT2D eigenvalue weighted by Crippen LogP contribution is 2.38. The molecule has 2 atom stereocenters. The molecule has 1 saturated heterocycles. The molecule has 0 unspecified atom stereocenters. The summed E-state index contributed by atoms with van der Waals surface area (Å²) in [5, 5.41) is 6.45. The predicted molar refractivity (Wildman–Crippen MR) is 62.3 cm³/mol. The zero-order valence-corrected chi connectivity index (χ0v) is 10.4. The molecular formula is C12H22N2O2. The minimum Gasteiger partial charge on any atom is -0.444 e. The molecule has 0 radical (unpaired) electrons. The second-order valence-electron chi connectivity index (χ2n) is 6.00. The van der Waals surface area contributed by atoms with Crippen molar-refractivity contribution in [2.24, 2.45) is 5.92 Å². The Morgan fingerprint density at radius 2 is 2.25 bits per heavy atom. The van der Waals surface area contributed by atoms with Gasteiger partial charge < -0.3 is 15.4 Å². The maximum absolute atomic E-state index is 11.8. The molecule has 16 heavy (non-hydrogen) atoms. The lowest BCUT2D eigenvalue weighted by molar-refractivity contribution is 0.0449. The van der Waals surface area contributed by atoms with E-state index in [1.807, 2.05) is 20.8 Å². The Kier molecular flexibility index (Phi) is 2.86. The fourth-order valence-corrected chi connectivity index (χ4v) is 2.86. The normalized spacial score (nSPS) is 33.6. The van der Waals surface area contributed by atoms with Crippen molar-refractivity contribution in [2.75, 3.05) is 13.1 Å². The third kappa shape index (κ3) is 2.32. The quantitative estimate of drug-likeness (QED) is 0.715.